The molecule has 2 aromatic carbocycles. The first-order chi connectivity index (χ1) is 12.2. The number of nitrogens with one attached hydrogen (secondary N) is 1. The average molecular weight is 338 g/mol. The van der Waals surface area contributed by atoms with Crippen molar-refractivity contribution in [2.45, 2.75) is 79.1 Å². The quantitative estimate of drug-likeness (QED) is 0.482. The van der Waals surface area contributed by atoms with Gasteiger partial charge in [-0.3, -0.25) is 0 Å². The van der Waals surface area contributed by atoms with Gasteiger partial charge in [-0.2, -0.15) is 0 Å². The Balaban J connectivity index is 2.31. The smallest absolute Gasteiger partial charge is 0.0417 e. The lowest BCUT2D eigenvalue weighted by atomic mass is 9.99. The van der Waals surface area contributed by atoms with Gasteiger partial charge in [-0.1, -0.05) is 77.6 Å². The third kappa shape index (κ3) is 5.63. The predicted octanol–water partition coefficient (Wildman–Crippen LogP) is 7.24. The average Bonchev–Trinajstić information content (AvgIpc) is 2.60. The van der Waals surface area contributed by atoms with Crippen LogP contribution in [0, 0.1) is 0 Å². The highest BCUT2D eigenvalue weighted by Crippen LogP contribution is 2.28. The lowest BCUT2D eigenvalue weighted by Gasteiger charge is -2.17. The molecule has 0 heterocycles. The normalized spacial score (nSPS) is 10.9. The fourth-order valence-electron chi connectivity index (χ4n) is 3.52. The van der Waals surface area contributed by atoms with Gasteiger partial charge in [-0.25, -0.2) is 0 Å². The molecule has 0 saturated carbocycles. The molecule has 1 N–H and O–H groups in total. The van der Waals surface area contributed by atoms with Crippen LogP contribution in [0.3, 0.4) is 0 Å². The second kappa shape index (κ2) is 10.3. The molecule has 0 saturated heterocycles. The van der Waals surface area contributed by atoms with Gasteiger partial charge < -0.3 is 5.32 Å². The molecule has 0 aliphatic carbocycles. The van der Waals surface area contributed by atoms with Gasteiger partial charge in [0.25, 0.3) is 0 Å². The molecule has 1 nitrogen and oxygen atoms in total. The maximum Gasteiger partial charge on any atom is 0.0417 e. The van der Waals surface area contributed by atoms with Gasteiger partial charge in [0.15, 0.2) is 0 Å². The molecule has 0 radical (unpaired) electrons. The van der Waals surface area contributed by atoms with E-state index in [-0.39, 0.29) is 0 Å². The largest absolute Gasteiger partial charge is 0.355 e. The highest BCUT2D eigenvalue weighted by atomic mass is 14.9. The molecule has 0 spiro atoms. The summed E-state index contributed by atoms with van der Waals surface area (Å²) in [5.74, 6) is 0. The zero-order valence-electron chi connectivity index (χ0n) is 16.6. The summed E-state index contributed by atoms with van der Waals surface area (Å²) >= 11 is 0. The van der Waals surface area contributed by atoms with Crippen LogP contribution in [0.5, 0.6) is 0 Å². The SMILES string of the molecule is CCCc1ccc(Nc2ccc(CCC)cc2CCC)c(CCC)c1. The Hall–Kier alpha value is -1.76. The van der Waals surface area contributed by atoms with E-state index in [0.29, 0.717) is 0 Å². The monoisotopic (exact) mass is 337 g/mol. The first kappa shape index (κ1) is 19.6. The second-order valence-corrected chi connectivity index (χ2v) is 7.11. The van der Waals surface area contributed by atoms with E-state index in [0.717, 1.165) is 12.8 Å². The van der Waals surface area contributed by atoms with E-state index in [2.05, 4.69) is 69.4 Å². The molecule has 0 aliphatic rings. The molecule has 2 aromatic rings. The lowest BCUT2D eigenvalue weighted by molar-refractivity contribution is 0.893. The third-order valence-corrected chi connectivity index (χ3v) is 4.72. The van der Waals surface area contributed by atoms with Crippen LogP contribution in [0.2, 0.25) is 0 Å². The number of benzene rings is 2. The van der Waals surface area contributed by atoms with Crippen molar-refractivity contribution in [2.75, 3.05) is 5.32 Å². The maximum absolute atomic E-state index is 3.75. The molecule has 0 aromatic heterocycles. The fourth-order valence-corrected chi connectivity index (χ4v) is 3.52. The molecule has 0 bridgehead atoms. The predicted molar refractivity (Wildman–Crippen MR) is 112 cm³/mol. The van der Waals surface area contributed by atoms with E-state index >= 15 is 0 Å². The van der Waals surface area contributed by atoms with Crippen molar-refractivity contribution in [3.05, 3.63) is 58.7 Å². The van der Waals surface area contributed by atoms with Crippen LogP contribution in [0.1, 0.15) is 75.6 Å². The van der Waals surface area contributed by atoms with Crippen LogP contribution >= 0.6 is 0 Å². The minimum atomic E-state index is 1.14. The summed E-state index contributed by atoms with van der Waals surface area (Å²) in [6, 6.07) is 13.9. The second-order valence-electron chi connectivity index (χ2n) is 7.11. The summed E-state index contributed by atoms with van der Waals surface area (Å²) in [4.78, 5) is 0. The Morgan fingerprint density at radius 2 is 0.960 bits per heavy atom. The first-order valence-corrected chi connectivity index (χ1v) is 10.2. The van der Waals surface area contributed by atoms with E-state index in [4.69, 9.17) is 0 Å². The standard InChI is InChI=1S/C24H35N/c1-5-9-19-13-15-23(21(17-19)11-7-3)25-24-16-14-20(10-6-2)18-22(24)12-8-4/h13-18,25H,5-12H2,1-4H3. The van der Waals surface area contributed by atoms with Crippen molar-refractivity contribution in [3.8, 4) is 0 Å². The number of rotatable bonds is 10. The number of hydrogen-bond acceptors (Lipinski definition) is 1. The Morgan fingerprint density at radius 1 is 0.560 bits per heavy atom. The molecule has 25 heavy (non-hydrogen) atoms. The van der Waals surface area contributed by atoms with Gasteiger partial charge in [0.05, 0.1) is 0 Å². The number of aryl methyl sites for hydroxylation is 4. The van der Waals surface area contributed by atoms with Crippen molar-refractivity contribution in [1.29, 1.82) is 0 Å². The van der Waals surface area contributed by atoms with Crippen LogP contribution in [-0.2, 0) is 25.7 Å². The minimum absolute atomic E-state index is 1.14. The van der Waals surface area contributed by atoms with Crippen LogP contribution in [0.15, 0.2) is 36.4 Å². The van der Waals surface area contributed by atoms with Gasteiger partial charge in [0.2, 0.25) is 0 Å². The molecule has 2 rings (SSSR count). The fraction of sp³-hybridized carbons (Fsp3) is 0.500. The van der Waals surface area contributed by atoms with Gasteiger partial charge in [0.1, 0.15) is 0 Å². The molecular formula is C24H35N. The van der Waals surface area contributed by atoms with Crippen LogP contribution in [0.25, 0.3) is 0 Å². The van der Waals surface area contributed by atoms with E-state index in [9.17, 15) is 0 Å². The van der Waals surface area contributed by atoms with Crippen molar-refractivity contribution in [3.63, 3.8) is 0 Å². The van der Waals surface area contributed by atoms with Gasteiger partial charge in [-0.15, -0.1) is 0 Å². The summed E-state index contributed by atoms with van der Waals surface area (Å²) in [6.45, 7) is 9.03. The number of anilines is 2. The van der Waals surface area contributed by atoms with E-state index in [1.165, 1.54) is 72.2 Å². The molecule has 0 unspecified atom stereocenters. The zero-order valence-corrected chi connectivity index (χ0v) is 16.6. The Labute approximate surface area is 154 Å². The Morgan fingerprint density at radius 3 is 1.32 bits per heavy atom. The minimum Gasteiger partial charge on any atom is -0.355 e. The summed E-state index contributed by atoms with van der Waals surface area (Å²) < 4.78 is 0. The van der Waals surface area contributed by atoms with Crippen molar-refractivity contribution < 1.29 is 0 Å². The zero-order chi connectivity index (χ0) is 18.1. The lowest BCUT2D eigenvalue weighted by Crippen LogP contribution is -2.01. The van der Waals surface area contributed by atoms with Gasteiger partial charge in [0, 0.05) is 11.4 Å². The highest BCUT2D eigenvalue weighted by molar-refractivity contribution is 5.67. The van der Waals surface area contributed by atoms with E-state index in [1.807, 2.05) is 0 Å². The van der Waals surface area contributed by atoms with Gasteiger partial charge in [-0.05, 0) is 60.1 Å². The summed E-state index contributed by atoms with van der Waals surface area (Å²) in [5.41, 5.74) is 8.39. The van der Waals surface area contributed by atoms with Crippen molar-refractivity contribution in [2.24, 2.45) is 0 Å². The third-order valence-electron chi connectivity index (χ3n) is 4.72. The maximum atomic E-state index is 3.75. The van der Waals surface area contributed by atoms with E-state index < -0.39 is 0 Å². The van der Waals surface area contributed by atoms with Crippen molar-refractivity contribution >= 4 is 11.4 Å². The molecule has 1 heteroatoms. The highest BCUT2D eigenvalue weighted by Gasteiger charge is 2.08. The molecule has 0 atom stereocenters. The molecule has 0 aliphatic heterocycles. The van der Waals surface area contributed by atoms with Gasteiger partial charge >= 0.3 is 0 Å². The topological polar surface area (TPSA) is 12.0 Å². The van der Waals surface area contributed by atoms with Crippen molar-refractivity contribution in [1.82, 2.24) is 0 Å². The van der Waals surface area contributed by atoms with Crippen LogP contribution < -0.4 is 5.32 Å². The van der Waals surface area contributed by atoms with Crippen LogP contribution in [0.4, 0.5) is 11.4 Å². The number of hydrogen-bond donors (Lipinski definition) is 1. The summed E-state index contributed by atoms with van der Waals surface area (Å²) in [7, 11) is 0. The van der Waals surface area contributed by atoms with E-state index in [1.54, 1.807) is 0 Å². The molecule has 0 fully saturated rings. The molecular weight excluding hydrogens is 302 g/mol. The van der Waals surface area contributed by atoms with Crippen LogP contribution in [-0.4, -0.2) is 0 Å². The molecule has 136 valence electrons. The summed E-state index contributed by atoms with van der Waals surface area (Å²) in [5, 5.41) is 3.75. The Kier molecular flexibility index (Phi) is 8.04. The summed E-state index contributed by atoms with van der Waals surface area (Å²) in [6.07, 6.45) is 9.39. The first-order valence-electron chi connectivity index (χ1n) is 10.2. The Bertz CT molecular complexity index is 600. The molecule has 0 amide bonds.